The van der Waals surface area contributed by atoms with Crippen molar-refractivity contribution in [2.45, 2.75) is 36.0 Å². The minimum atomic E-state index is 0.162. The van der Waals surface area contributed by atoms with Crippen LogP contribution in [0.5, 0.6) is 0 Å². The zero-order chi connectivity index (χ0) is 17.5. The van der Waals surface area contributed by atoms with Crippen LogP contribution >= 0.6 is 0 Å². The lowest BCUT2D eigenvalue weighted by atomic mass is 9.45. The highest BCUT2D eigenvalue weighted by Crippen LogP contribution is 2.61. The Morgan fingerprint density at radius 2 is 1.15 bits per heavy atom. The number of likely N-dealkylation sites (tertiary alicyclic amines) is 2. The van der Waals surface area contributed by atoms with E-state index in [9.17, 15) is 0 Å². The first-order chi connectivity index (χ1) is 12.7. The Balaban J connectivity index is 1.75. The fourth-order valence-electron chi connectivity index (χ4n) is 7.03. The molecule has 4 bridgehead atoms. The van der Waals surface area contributed by atoms with Crippen LogP contribution in [-0.2, 0) is 10.8 Å². The van der Waals surface area contributed by atoms with E-state index < -0.39 is 0 Å². The van der Waals surface area contributed by atoms with Gasteiger partial charge in [0.05, 0.1) is 38.0 Å². The van der Waals surface area contributed by atoms with E-state index in [2.05, 4.69) is 73.3 Å². The van der Waals surface area contributed by atoms with E-state index in [0.717, 1.165) is 0 Å². The van der Waals surface area contributed by atoms with E-state index in [-0.39, 0.29) is 10.8 Å². The SMILES string of the molecule is C[NH+]1CC[C@@]23c4ccccc4N[C@@H]1[C@@]21CC[NH+](C)[C@@H]3Nc2ccccc21. The van der Waals surface area contributed by atoms with Gasteiger partial charge in [-0.3, -0.25) is 0 Å². The highest BCUT2D eigenvalue weighted by Gasteiger charge is 2.75. The Morgan fingerprint density at radius 3 is 1.62 bits per heavy atom. The number of hydrogen-bond acceptors (Lipinski definition) is 2. The van der Waals surface area contributed by atoms with Crippen LogP contribution in [0.15, 0.2) is 48.5 Å². The molecule has 2 unspecified atom stereocenters. The molecule has 0 spiro atoms. The predicted octanol–water partition coefficient (Wildman–Crippen LogP) is 0.202. The Hall–Kier alpha value is -2.04. The summed E-state index contributed by atoms with van der Waals surface area (Å²) in [7, 11) is 4.77. The molecular weight excluding hydrogens is 320 g/mol. The monoisotopic (exact) mass is 348 g/mol. The number of nitrogens with one attached hydrogen (secondary N) is 4. The second kappa shape index (κ2) is 4.81. The topological polar surface area (TPSA) is 32.9 Å². The first kappa shape index (κ1) is 15.1. The second-order valence-corrected chi connectivity index (χ2v) is 8.88. The van der Waals surface area contributed by atoms with Crippen LogP contribution in [0, 0.1) is 0 Å². The third kappa shape index (κ3) is 1.47. The third-order valence-corrected chi connectivity index (χ3v) is 8.01. The highest BCUT2D eigenvalue weighted by atomic mass is 15.4. The van der Waals surface area contributed by atoms with Crippen LogP contribution in [0.25, 0.3) is 0 Å². The molecule has 0 radical (unpaired) electrons. The van der Waals surface area contributed by atoms with Crippen LogP contribution in [0.2, 0.25) is 0 Å². The molecule has 6 rings (SSSR count). The van der Waals surface area contributed by atoms with Gasteiger partial charge in [0.1, 0.15) is 0 Å². The molecule has 4 aliphatic rings. The minimum absolute atomic E-state index is 0.162. The molecule has 134 valence electrons. The highest BCUT2D eigenvalue weighted by molar-refractivity contribution is 5.70. The second-order valence-electron chi connectivity index (χ2n) is 8.88. The van der Waals surface area contributed by atoms with Crippen LogP contribution in [-0.4, -0.2) is 39.5 Å². The van der Waals surface area contributed by atoms with Crippen molar-refractivity contribution in [3.63, 3.8) is 0 Å². The lowest BCUT2D eigenvalue weighted by Gasteiger charge is -2.68. The molecule has 26 heavy (non-hydrogen) atoms. The van der Waals surface area contributed by atoms with Crippen LogP contribution in [0.3, 0.4) is 0 Å². The standard InChI is InChI=1S/C22H26N4/c1-25-13-11-22-16-8-4-5-9-17(16)23-19(25)21(22)12-14-26(2)20(22)24-18-10-6-3-7-15(18)21/h3-10,19-20,23-24H,11-14H2,1-2H3/p+2/t19-,20-,21-,22-/m0/s1. The molecule has 2 aromatic rings. The summed E-state index contributed by atoms with van der Waals surface area (Å²) in [5.41, 5.74) is 6.11. The Bertz CT molecular complexity index is 822. The number of para-hydroxylation sites is 2. The predicted molar refractivity (Wildman–Crippen MR) is 104 cm³/mol. The van der Waals surface area contributed by atoms with Gasteiger partial charge in [0.15, 0.2) is 12.3 Å². The largest absolute Gasteiger partial charge is 0.335 e. The minimum Gasteiger partial charge on any atom is -0.335 e. The molecular formula is C22H28N4+2. The number of anilines is 2. The maximum atomic E-state index is 4.00. The van der Waals surface area contributed by atoms with Crippen molar-refractivity contribution < 1.29 is 9.80 Å². The molecule has 4 heterocycles. The maximum absolute atomic E-state index is 4.00. The van der Waals surface area contributed by atoms with Gasteiger partial charge in [-0.05, 0) is 23.3 Å². The normalized spacial score (nSPS) is 41.8. The number of quaternary nitrogens is 2. The number of piperidine rings is 2. The first-order valence-corrected chi connectivity index (χ1v) is 10.1. The smallest absolute Gasteiger partial charge is 0.171 e. The van der Waals surface area contributed by atoms with Crippen LogP contribution in [0.1, 0.15) is 24.0 Å². The average molecular weight is 348 g/mol. The molecule has 6 atom stereocenters. The van der Waals surface area contributed by atoms with Gasteiger partial charge in [0, 0.05) is 24.2 Å². The average Bonchev–Trinajstić information content (AvgIpc) is 2.67. The maximum Gasteiger partial charge on any atom is 0.171 e. The van der Waals surface area contributed by atoms with E-state index in [1.54, 1.807) is 9.80 Å². The number of hydrogen-bond donors (Lipinski definition) is 4. The molecule has 4 aliphatic heterocycles. The van der Waals surface area contributed by atoms with E-state index >= 15 is 0 Å². The summed E-state index contributed by atoms with van der Waals surface area (Å²) in [6.07, 6.45) is 3.37. The van der Waals surface area contributed by atoms with E-state index in [1.807, 2.05) is 0 Å². The summed E-state index contributed by atoms with van der Waals surface area (Å²) in [4.78, 5) is 3.26. The fourth-order valence-corrected chi connectivity index (χ4v) is 7.03. The van der Waals surface area contributed by atoms with Crippen molar-refractivity contribution in [2.24, 2.45) is 0 Å². The summed E-state index contributed by atoms with van der Waals surface area (Å²) in [6, 6.07) is 18.2. The van der Waals surface area contributed by atoms with Gasteiger partial charge in [0.2, 0.25) is 0 Å². The summed E-state index contributed by atoms with van der Waals surface area (Å²) < 4.78 is 0. The van der Waals surface area contributed by atoms with Crippen molar-refractivity contribution in [1.29, 1.82) is 0 Å². The Kier molecular flexibility index (Phi) is 2.79. The van der Waals surface area contributed by atoms with Crippen molar-refractivity contribution in [2.75, 3.05) is 37.8 Å². The number of rotatable bonds is 0. The number of fused-ring (bicyclic) bond motifs is 2. The van der Waals surface area contributed by atoms with E-state index in [0.29, 0.717) is 12.3 Å². The first-order valence-electron chi connectivity index (χ1n) is 10.1. The molecule has 4 nitrogen and oxygen atoms in total. The molecule has 4 N–H and O–H groups in total. The fraction of sp³-hybridized carbons (Fsp3) is 0.455. The molecule has 2 fully saturated rings. The zero-order valence-electron chi connectivity index (χ0n) is 15.6. The van der Waals surface area contributed by atoms with Crippen molar-refractivity contribution >= 4 is 11.4 Å². The van der Waals surface area contributed by atoms with E-state index in [1.165, 1.54) is 48.4 Å². The molecule has 0 aliphatic carbocycles. The van der Waals surface area contributed by atoms with Gasteiger partial charge in [-0.1, -0.05) is 36.4 Å². The third-order valence-electron chi connectivity index (χ3n) is 8.01. The van der Waals surface area contributed by atoms with Gasteiger partial charge in [-0.2, -0.15) is 0 Å². The van der Waals surface area contributed by atoms with E-state index in [4.69, 9.17) is 0 Å². The molecule has 2 saturated heterocycles. The van der Waals surface area contributed by atoms with Gasteiger partial charge in [-0.25, -0.2) is 0 Å². The summed E-state index contributed by atoms with van der Waals surface area (Å²) in [5.74, 6) is 0. The van der Waals surface area contributed by atoms with Gasteiger partial charge in [0.25, 0.3) is 0 Å². The van der Waals surface area contributed by atoms with Gasteiger partial charge >= 0.3 is 0 Å². The Morgan fingerprint density at radius 1 is 0.731 bits per heavy atom. The van der Waals surface area contributed by atoms with Crippen LogP contribution < -0.4 is 20.4 Å². The number of likely N-dealkylation sites (N-methyl/N-ethyl adjacent to an activating group) is 2. The summed E-state index contributed by atoms with van der Waals surface area (Å²) >= 11 is 0. The number of benzene rings is 2. The van der Waals surface area contributed by atoms with Crippen LogP contribution in [0.4, 0.5) is 11.4 Å². The molecule has 2 aromatic carbocycles. The van der Waals surface area contributed by atoms with Gasteiger partial charge < -0.3 is 20.4 Å². The molecule has 0 saturated carbocycles. The summed E-state index contributed by atoms with van der Waals surface area (Å²) in [5, 5.41) is 8.00. The van der Waals surface area contributed by atoms with Crippen molar-refractivity contribution in [1.82, 2.24) is 0 Å². The molecule has 0 aromatic heterocycles. The van der Waals surface area contributed by atoms with Crippen molar-refractivity contribution in [3.05, 3.63) is 59.7 Å². The summed E-state index contributed by atoms with van der Waals surface area (Å²) in [6.45, 7) is 2.45. The molecule has 4 heteroatoms. The zero-order valence-corrected chi connectivity index (χ0v) is 15.6. The lowest BCUT2D eigenvalue weighted by Crippen LogP contribution is -3.25. The lowest BCUT2D eigenvalue weighted by molar-refractivity contribution is -0.944. The molecule has 0 amide bonds. The van der Waals surface area contributed by atoms with Gasteiger partial charge in [-0.15, -0.1) is 0 Å². The van der Waals surface area contributed by atoms with Crippen molar-refractivity contribution in [3.8, 4) is 0 Å². The Labute approximate surface area is 155 Å². The quantitative estimate of drug-likeness (QED) is 0.549.